The highest BCUT2D eigenvalue weighted by Gasteiger charge is 2.30. The van der Waals surface area contributed by atoms with Crippen LogP contribution in [0.5, 0.6) is 0 Å². The molecule has 1 saturated heterocycles. The zero-order valence-electron chi connectivity index (χ0n) is 14.4. The van der Waals surface area contributed by atoms with Gasteiger partial charge in [0.25, 0.3) is 0 Å². The molecular weight excluding hydrogens is 330 g/mol. The second-order valence-corrected chi connectivity index (χ2v) is 7.68. The van der Waals surface area contributed by atoms with Gasteiger partial charge in [0.15, 0.2) is 0 Å². The quantitative estimate of drug-likeness (QED) is 0.779. The van der Waals surface area contributed by atoms with Crippen LogP contribution in [-0.2, 0) is 6.54 Å². The first kappa shape index (κ1) is 16.5. The molecule has 130 valence electrons. The van der Waals surface area contributed by atoms with Gasteiger partial charge < -0.3 is 5.11 Å². The summed E-state index contributed by atoms with van der Waals surface area (Å²) in [6.07, 6.45) is 2.54. The number of hydrogen-bond acceptors (Lipinski definition) is 4. The molecule has 0 spiro atoms. The molecule has 4 rings (SSSR count). The lowest BCUT2D eigenvalue weighted by Gasteiger charge is -2.35. The molecule has 0 saturated carbocycles. The summed E-state index contributed by atoms with van der Waals surface area (Å²) in [5.74, 6) is 0.273. The van der Waals surface area contributed by atoms with Gasteiger partial charge in [-0.15, -0.1) is 11.3 Å². The molecular formula is C20H23N3OS. The molecule has 0 bridgehead atoms. The Morgan fingerprint density at radius 3 is 2.76 bits per heavy atom. The zero-order chi connectivity index (χ0) is 17.2. The van der Waals surface area contributed by atoms with Gasteiger partial charge in [0.1, 0.15) is 0 Å². The molecule has 1 N–H and O–H groups in total. The first-order chi connectivity index (χ1) is 12.2. The number of rotatable bonds is 4. The monoisotopic (exact) mass is 353 g/mol. The SMILES string of the molecule is Cc1ccsc1[C@@H]1CCN(Cc2ccnn2-c2ccccc2)C[C@H]1O. The molecule has 25 heavy (non-hydrogen) atoms. The van der Waals surface area contributed by atoms with Crippen LogP contribution in [-0.4, -0.2) is 39.0 Å². The van der Waals surface area contributed by atoms with E-state index in [0.29, 0.717) is 6.54 Å². The normalized spacial score (nSPS) is 21.5. The largest absolute Gasteiger partial charge is 0.391 e. The Bertz CT molecular complexity index is 826. The van der Waals surface area contributed by atoms with Gasteiger partial charge in [0, 0.05) is 30.1 Å². The van der Waals surface area contributed by atoms with Gasteiger partial charge in [0.2, 0.25) is 0 Å². The van der Waals surface area contributed by atoms with Crippen molar-refractivity contribution in [2.24, 2.45) is 0 Å². The van der Waals surface area contributed by atoms with Crippen molar-refractivity contribution in [1.29, 1.82) is 0 Å². The molecule has 0 aliphatic carbocycles. The molecule has 5 heteroatoms. The fourth-order valence-electron chi connectivity index (χ4n) is 3.69. The van der Waals surface area contributed by atoms with Crippen molar-refractivity contribution in [1.82, 2.24) is 14.7 Å². The van der Waals surface area contributed by atoms with E-state index in [1.807, 2.05) is 29.1 Å². The number of para-hydroxylation sites is 1. The first-order valence-corrected chi connectivity index (χ1v) is 9.63. The van der Waals surface area contributed by atoms with Crippen LogP contribution in [0.3, 0.4) is 0 Å². The van der Waals surface area contributed by atoms with Gasteiger partial charge >= 0.3 is 0 Å². The third-order valence-corrected chi connectivity index (χ3v) is 6.16. The summed E-state index contributed by atoms with van der Waals surface area (Å²) in [7, 11) is 0. The Balaban J connectivity index is 1.46. The topological polar surface area (TPSA) is 41.3 Å². The molecule has 0 amide bonds. The molecule has 0 unspecified atom stereocenters. The molecule has 2 aromatic heterocycles. The number of nitrogens with zero attached hydrogens (tertiary/aromatic N) is 3. The van der Waals surface area contributed by atoms with Crippen LogP contribution in [0, 0.1) is 6.92 Å². The van der Waals surface area contributed by atoms with Gasteiger partial charge in [-0.25, -0.2) is 4.68 Å². The maximum absolute atomic E-state index is 10.7. The highest BCUT2D eigenvalue weighted by molar-refractivity contribution is 7.10. The summed E-state index contributed by atoms with van der Waals surface area (Å²) in [6, 6.07) is 14.4. The average molecular weight is 353 g/mol. The second-order valence-electron chi connectivity index (χ2n) is 6.74. The van der Waals surface area contributed by atoms with Gasteiger partial charge in [-0.3, -0.25) is 4.90 Å². The van der Waals surface area contributed by atoms with Gasteiger partial charge in [-0.1, -0.05) is 18.2 Å². The lowest BCUT2D eigenvalue weighted by molar-refractivity contribution is 0.0477. The van der Waals surface area contributed by atoms with Crippen LogP contribution < -0.4 is 0 Å². The minimum absolute atomic E-state index is 0.273. The number of aliphatic hydroxyl groups excluding tert-OH is 1. The molecule has 1 fully saturated rings. The van der Waals surface area contributed by atoms with Crippen molar-refractivity contribution in [2.75, 3.05) is 13.1 Å². The summed E-state index contributed by atoms with van der Waals surface area (Å²) >= 11 is 1.77. The molecule has 4 nitrogen and oxygen atoms in total. The molecule has 1 aliphatic heterocycles. The van der Waals surface area contributed by atoms with Gasteiger partial charge in [0.05, 0.1) is 17.5 Å². The molecule has 1 aliphatic rings. The summed E-state index contributed by atoms with van der Waals surface area (Å²) in [6.45, 7) is 4.66. The number of hydrogen-bond donors (Lipinski definition) is 1. The Labute approximate surface area is 152 Å². The Morgan fingerprint density at radius 1 is 1.20 bits per heavy atom. The number of likely N-dealkylation sites (tertiary alicyclic amines) is 1. The molecule has 3 aromatic rings. The summed E-state index contributed by atoms with van der Waals surface area (Å²) in [4.78, 5) is 3.68. The maximum Gasteiger partial charge on any atom is 0.0744 e. The number of thiophene rings is 1. The fourth-order valence-corrected chi connectivity index (χ4v) is 4.81. The molecule has 1 aromatic carbocycles. The van der Waals surface area contributed by atoms with Crippen molar-refractivity contribution in [3.63, 3.8) is 0 Å². The summed E-state index contributed by atoms with van der Waals surface area (Å²) in [5.41, 5.74) is 3.54. The average Bonchev–Trinajstić information content (AvgIpc) is 3.25. The predicted molar refractivity (Wildman–Crippen MR) is 101 cm³/mol. The number of β-amino-alcohol motifs (C(OH)–C–C–N with tert-alkyl or cyclic N) is 1. The van der Waals surface area contributed by atoms with Gasteiger partial charge in [-0.2, -0.15) is 5.10 Å². The maximum atomic E-state index is 10.7. The zero-order valence-corrected chi connectivity index (χ0v) is 15.2. The van der Waals surface area contributed by atoms with E-state index in [2.05, 4.69) is 46.6 Å². The van der Waals surface area contributed by atoms with E-state index >= 15 is 0 Å². The van der Waals surface area contributed by atoms with Crippen LogP contribution in [0.15, 0.2) is 54.0 Å². The molecule has 2 atom stereocenters. The number of aromatic nitrogens is 2. The Hall–Kier alpha value is -1.95. The van der Waals surface area contributed by atoms with Gasteiger partial charge in [-0.05, 0) is 55.1 Å². The minimum atomic E-state index is -0.306. The van der Waals surface area contributed by atoms with Crippen LogP contribution in [0.1, 0.15) is 28.5 Å². The minimum Gasteiger partial charge on any atom is -0.391 e. The van der Waals surface area contributed by atoms with Crippen molar-refractivity contribution in [3.05, 3.63) is 70.2 Å². The van der Waals surface area contributed by atoms with E-state index in [9.17, 15) is 5.11 Å². The molecule has 3 heterocycles. The second kappa shape index (κ2) is 7.12. The van der Waals surface area contributed by atoms with E-state index in [1.54, 1.807) is 11.3 Å². The van der Waals surface area contributed by atoms with Crippen molar-refractivity contribution in [3.8, 4) is 5.69 Å². The first-order valence-electron chi connectivity index (χ1n) is 8.75. The predicted octanol–water partition coefficient (Wildman–Crippen LogP) is 3.59. The van der Waals surface area contributed by atoms with Crippen LogP contribution in [0.25, 0.3) is 5.69 Å². The lowest BCUT2D eigenvalue weighted by atomic mass is 9.90. The van der Waals surface area contributed by atoms with Crippen LogP contribution in [0.4, 0.5) is 0 Å². The highest BCUT2D eigenvalue weighted by atomic mass is 32.1. The number of piperidine rings is 1. The smallest absolute Gasteiger partial charge is 0.0744 e. The Morgan fingerprint density at radius 2 is 2.04 bits per heavy atom. The van der Waals surface area contributed by atoms with Crippen molar-refractivity contribution in [2.45, 2.75) is 31.9 Å². The van der Waals surface area contributed by atoms with Crippen LogP contribution >= 0.6 is 11.3 Å². The number of aliphatic hydroxyl groups is 1. The summed E-state index contributed by atoms with van der Waals surface area (Å²) < 4.78 is 1.99. The standard InChI is InChI=1S/C20H23N3OS/c1-15-9-12-25-20(15)18-8-11-22(14-19(18)24)13-17-7-10-21-23(17)16-5-3-2-4-6-16/h2-7,9-10,12,18-19,24H,8,11,13-14H2,1H3/t18-,19-/m1/s1. The number of aryl methyl sites for hydroxylation is 1. The van der Waals surface area contributed by atoms with E-state index < -0.39 is 0 Å². The van der Waals surface area contributed by atoms with E-state index in [4.69, 9.17) is 0 Å². The Kier molecular flexibility index (Phi) is 4.70. The van der Waals surface area contributed by atoms with E-state index in [-0.39, 0.29) is 12.0 Å². The number of benzene rings is 1. The summed E-state index contributed by atoms with van der Waals surface area (Å²) in [5, 5.41) is 17.3. The fraction of sp³-hybridized carbons (Fsp3) is 0.350. The van der Waals surface area contributed by atoms with E-state index in [1.165, 1.54) is 10.4 Å². The van der Waals surface area contributed by atoms with Crippen molar-refractivity contribution >= 4 is 11.3 Å². The van der Waals surface area contributed by atoms with Crippen LogP contribution in [0.2, 0.25) is 0 Å². The highest BCUT2D eigenvalue weighted by Crippen LogP contribution is 2.34. The lowest BCUT2D eigenvalue weighted by Crippen LogP contribution is -2.42. The van der Waals surface area contributed by atoms with Crippen molar-refractivity contribution < 1.29 is 5.11 Å². The molecule has 0 radical (unpaired) electrons. The third kappa shape index (κ3) is 3.40. The third-order valence-electron chi connectivity index (χ3n) is 5.01. The van der Waals surface area contributed by atoms with E-state index in [0.717, 1.165) is 30.9 Å².